The van der Waals surface area contributed by atoms with E-state index in [4.69, 9.17) is 11.5 Å². The minimum Gasteiger partial charge on any atom is -0.411 e. The first kappa shape index (κ1) is 31.0. The second-order valence-electron chi connectivity index (χ2n) is 6.13. The van der Waals surface area contributed by atoms with Crippen LogP contribution in [0.3, 0.4) is 0 Å². The van der Waals surface area contributed by atoms with Crippen LogP contribution in [-0.2, 0) is 32.8 Å². The normalized spacial score (nSPS) is 17.9. The molecule has 0 fully saturated rings. The first-order chi connectivity index (χ1) is 13.8. The van der Waals surface area contributed by atoms with Crippen molar-refractivity contribution in [2.24, 2.45) is 11.5 Å². The Morgan fingerprint density at radius 1 is 0.806 bits per heavy atom. The van der Waals surface area contributed by atoms with Gasteiger partial charge < -0.3 is 50.3 Å². The highest BCUT2D eigenvalue weighted by Crippen LogP contribution is 2.53. The zero-order valence-corrected chi connectivity index (χ0v) is 20.6. The van der Waals surface area contributed by atoms with Gasteiger partial charge in [-0.3, -0.25) is 13.7 Å². The fourth-order valence-corrected chi connectivity index (χ4v) is 5.01. The second kappa shape index (κ2) is 11.4. The summed E-state index contributed by atoms with van der Waals surface area (Å²) in [6.45, 7) is 0. The fourth-order valence-electron chi connectivity index (χ4n) is 1.80. The highest BCUT2D eigenvalue weighted by atomic mass is 32.2. The third kappa shape index (κ3) is 8.07. The monoisotopic (exact) mass is 550 g/mol. The standard InChI is InChI=1S/C11H25N2O13P3S2/c1-30-5-3-10(12,28(19,20)21)7(14)25-9(27(16,17)18)26-8(15)11(13,4-6-31-2)29(22,23)24/h9H,3-6,12-13H2,1-2H3,(H2,16,17,18)(H2,19,20,21)(H2,22,23,24). The number of ether oxygens (including phenoxy) is 2. The molecule has 0 aromatic heterocycles. The number of esters is 2. The maximum atomic E-state index is 12.3. The molecule has 0 saturated heterocycles. The predicted octanol–water partition coefficient (Wildman–Crippen LogP) is -1.29. The zero-order valence-electron chi connectivity index (χ0n) is 16.3. The van der Waals surface area contributed by atoms with Crippen molar-refractivity contribution in [1.82, 2.24) is 0 Å². The second-order valence-corrected chi connectivity index (χ2v) is 13.5. The van der Waals surface area contributed by atoms with Crippen LogP contribution in [0.15, 0.2) is 0 Å². The molecule has 20 heteroatoms. The van der Waals surface area contributed by atoms with Crippen molar-refractivity contribution in [1.29, 1.82) is 0 Å². The number of thioether (sulfide) groups is 2. The van der Waals surface area contributed by atoms with Crippen LogP contribution >= 0.6 is 46.3 Å². The topological polar surface area (TPSA) is 277 Å². The van der Waals surface area contributed by atoms with Crippen LogP contribution in [-0.4, -0.2) is 81.9 Å². The number of carbonyl (C=O) groups is 2. The summed E-state index contributed by atoms with van der Waals surface area (Å²) in [5.74, 6) is -4.18. The quantitative estimate of drug-likeness (QED) is 0.0751. The van der Waals surface area contributed by atoms with E-state index in [9.17, 15) is 52.6 Å². The maximum Gasteiger partial charge on any atom is 0.406 e. The molecule has 10 N–H and O–H groups in total. The molecule has 0 aliphatic rings. The summed E-state index contributed by atoms with van der Waals surface area (Å²) in [4.78, 5) is 80.9. The first-order valence-corrected chi connectivity index (χ1v) is 15.6. The summed E-state index contributed by atoms with van der Waals surface area (Å²) in [6, 6.07) is -3.12. The summed E-state index contributed by atoms with van der Waals surface area (Å²) in [7, 11) is -16.6. The Bertz CT molecular complexity index is 744. The molecular formula is C11H25N2O13P3S2. The molecule has 0 spiro atoms. The fraction of sp³-hybridized carbons (Fsp3) is 0.818. The van der Waals surface area contributed by atoms with E-state index < -0.39 is 64.2 Å². The Balaban J connectivity index is 5.99. The Labute approximate surface area is 185 Å². The average molecular weight is 550 g/mol. The molecule has 0 aliphatic heterocycles. The van der Waals surface area contributed by atoms with Crippen LogP contribution in [0.25, 0.3) is 0 Å². The minimum atomic E-state index is -5.69. The lowest BCUT2D eigenvalue weighted by atomic mass is 10.2. The molecule has 31 heavy (non-hydrogen) atoms. The Kier molecular flexibility index (Phi) is 11.4. The third-order valence-corrected chi connectivity index (χ3v) is 8.69. The van der Waals surface area contributed by atoms with E-state index in [2.05, 4.69) is 9.47 Å². The van der Waals surface area contributed by atoms with Crippen molar-refractivity contribution < 1.29 is 62.1 Å². The SMILES string of the molecule is CSCCC(N)(C(=O)OC(OC(=O)C(N)(CCSC)P(=O)(O)O)P(=O)(O)O)P(=O)(O)O. The molecule has 0 saturated carbocycles. The minimum absolute atomic E-state index is 0.0735. The molecular weight excluding hydrogens is 525 g/mol. The molecule has 0 amide bonds. The van der Waals surface area contributed by atoms with Crippen LogP contribution < -0.4 is 11.5 Å². The van der Waals surface area contributed by atoms with E-state index in [-0.39, 0.29) is 11.5 Å². The average Bonchev–Trinajstić information content (AvgIpc) is 2.60. The summed E-state index contributed by atoms with van der Waals surface area (Å²) in [5.41, 5.74) is 10.9. The van der Waals surface area contributed by atoms with Gasteiger partial charge in [0.25, 0.3) is 0 Å². The summed E-state index contributed by atoms with van der Waals surface area (Å²) in [6.07, 6.45) is 1.67. The lowest BCUT2D eigenvalue weighted by Crippen LogP contribution is -2.52. The van der Waals surface area contributed by atoms with Crippen molar-refractivity contribution in [2.45, 2.75) is 29.4 Å². The van der Waals surface area contributed by atoms with Crippen molar-refractivity contribution in [2.75, 3.05) is 24.0 Å². The van der Waals surface area contributed by atoms with Gasteiger partial charge in [0.05, 0.1) is 0 Å². The van der Waals surface area contributed by atoms with Gasteiger partial charge in [-0.25, -0.2) is 9.59 Å². The van der Waals surface area contributed by atoms with Crippen LogP contribution in [0.1, 0.15) is 12.8 Å². The lowest BCUT2D eigenvalue weighted by molar-refractivity contribution is -0.181. The Morgan fingerprint density at radius 3 is 1.29 bits per heavy atom. The van der Waals surface area contributed by atoms with E-state index >= 15 is 0 Å². The zero-order chi connectivity index (χ0) is 24.9. The number of nitrogens with two attached hydrogens (primary N) is 2. The van der Waals surface area contributed by atoms with Crippen LogP contribution in [0.2, 0.25) is 0 Å². The van der Waals surface area contributed by atoms with Crippen molar-refractivity contribution in [3.8, 4) is 0 Å². The van der Waals surface area contributed by atoms with E-state index in [0.29, 0.717) is 0 Å². The molecule has 2 atom stereocenters. The molecule has 0 rings (SSSR count). The van der Waals surface area contributed by atoms with Gasteiger partial charge >= 0.3 is 40.8 Å². The van der Waals surface area contributed by atoms with Gasteiger partial charge in [-0.2, -0.15) is 23.5 Å². The molecule has 0 heterocycles. The number of rotatable bonds is 13. The predicted molar refractivity (Wildman–Crippen MR) is 112 cm³/mol. The van der Waals surface area contributed by atoms with Gasteiger partial charge in [0.2, 0.25) is 10.6 Å². The molecule has 0 aromatic carbocycles. The maximum absolute atomic E-state index is 12.3. The molecule has 0 aromatic rings. The number of hydrogen-bond donors (Lipinski definition) is 8. The number of hydrogen-bond acceptors (Lipinski definition) is 11. The highest BCUT2D eigenvalue weighted by molar-refractivity contribution is 7.98. The summed E-state index contributed by atoms with van der Waals surface area (Å²) < 4.78 is 43.6. The number of carbonyl (C=O) groups excluding carboxylic acids is 2. The third-order valence-electron chi connectivity index (χ3n) is 3.81. The molecule has 0 aliphatic carbocycles. The van der Waals surface area contributed by atoms with E-state index in [1.165, 1.54) is 12.5 Å². The van der Waals surface area contributed by atoms with Gasteiger partial charge in [-0.15, -0.1) is 0 Å². The molecule has 0 radical (unpaired) electrons. The summed E-state index contributed by atoms with van der Waals surface area (Å²) >= 11 is 2.07. The van der Waals surface area contributed by atoms with Gasteiger partial charge in [-0.05, 0) is 36.9 Å². The van der Waals surface area contributed by atoms with Crippen molar-refractivity contribution in [3.63, 3.8) is 0 Å². The van der Waals surface area contributed by atoms with Gasteiger partial charge in [0, 0.05) is 0 Å². The highest BCUT2D eigenvalue weighted by Gasteiger charge is 2.56. The van der Waals surface area contributed by atoms with Gasteiger partial charge in [-0.1, -0.05) is 0 Å². The lowest BCUT2D eigenvalue weighted by Gasteiger charge is -2.32. The first-order valence-electron chi connectivity index (χ1n) is 7.92. The van der Waals surface area contributed by atoms with Crippen LogP contribution in [0, 0.1) is 0 Å². The van der Waals surface area contributed by atoms with Crippen molar-refractivity contribution in [3.05, 3.63) is 0 Å². The van der Waals surface area contributed by atoms with Crippen LogP contribution in [0.5, 0.6) is 0 Å². The van der Waals surface area contributed by atoms with E-state index in [1.807, 2.05) is 0 Å². The van der Waals surface area contributed by atoms with E-state index in [1.54, 1.807) is 0 Å². The summed E-state index contributed by atoms with van der Waals surface area (Å²) in [5, 5.41) is -6.09. The smallest absolute Gasteiger partial charge is 0.406 e. The molecule has 184 valence electrons. The van der Waals surface area contributed by atoms with Gasteiger partial charge in [0.1, 0.15) is 0 Å². The Hall–Kier alpha value is 0.01000. The van der Waals surface area contributed by atoms with E-state index in [0.717, 1.165) is 23.5 Å². The molecule has 2 unspecified atom stereocenters. The van der Waals surface area contributed by atoms with Crippen LogP contribution in [0.4, 0.5) is 0 Å². The Morgan fingerprint density at radius 2 is 1.10 bits per heavy atom. The van der Waals surface area contributed by atoms with Crippen molar-refractivity contribution >= 4 is 58.2 Å². The van der Waals surface area contributed by atoms with Gasteiger partial charge in [0.15, 0.2) is 0 Å². The molecule has 15 nitrogen and oxygen atoms in total. The largest absolute Gasteiger partial charge is 0.411 e. The molecule has 0 bridgehead atoms.